The Hall–Kier alpha value is -2.38. The van der Waals surface area contributed by atoms with E-state index in [4.69, 9.17) is 16.2 Å². The first-order chi connectivity index (χ1) is 15.6. The first-order valence-corrected chi connectivity index (χ1v) is 12.0. The lowest BCUT2D eigenvalue weighted by Crippen LogP contribution is -2.49. The van der Waals surface area contributed by atoms with Gasteiger partial charge >= 0.3 is 5.97 Å². The number of benzene rings is 1. The van der Waals surface area contributed by atoms with E-state index in [0.717, 1.165) is 48.6 Å². The van der Waals surface area contributed by atoms with Gasteiger partial charge in [-0.05, 0) is 37.4 Å². The predicted octanol–water partition coefficient (Wildman–Crippen LogP) is 3.56. The molecule has 0 saturated heterocycles. The van der Waals surface area contributed by atoms with Crippen LogP contribution in [0.25, 0.3) is 10.9 Å². The third-order valence-corrected chi connectivity index (χ3v) is 5.75. The van der Waals surface area contributed by atoms with Crippen LogP contribution in [-0.4, -0.2) is 42.1 Å². The maximum atomic E-state index is 12.9. The third-order valence-electron chi connectivity index (χ3n) is 5.75. The largest absolute Gasteiger partial charge is 0.464 e. The van der Waals surface area contributed by atoms with Crippen LogP contribution in [0.5, 0.6) is 0 Å². The molecule has 0 unspecified atom stereocenters. The van der Waals surface area contributed by atoms with Gasteiger partial charge < -0.3 is 26.5 Å². The number of hydrogen-bond donors (Lipinski definition) is 4. The lowest BCUT2D eigenvalue weighted by Gasteiger charge is -2.20. The number of aromatic amines is 1. The summed E-state index contributed by atoms with van der Waals surface area (Å²) in [5.74, 6) is -0.741. The van der Waals surface area contributed by atoms with Crippen molar-refractivity contribution in [2.75, 3.05) is 13.2 Å². The molecule has 2 aromatic rings. The Morgan fingerprint density at radius 2 is 1.81 bits per heavy atom. The molecule has 0 aliphatic heterocycles. The van der Waals surface area contributed by atoms with E-state index >= 15 is 0 Å². The first-order valence-electron chi connectivity index (χ1n) is 12.0. The normalized spacial score (nSPS) is 13.1. The van der Waals surface area contributed by atoms with E-state index in [1.165, 1.54) is 19.3 Å². The summed E-state index contributed by atoms with van der Waals surface area (Å²) in [4.78, 5) is 28.7. The molecule has 2 atom stereocenters. The number of carbonyl (C=O) groups excluding carboxylic acids is 2. The Morgan fingerprint density at radius 3 is 2.59 bits per heavy atom. The number of para-hydroxylation sites is 1. The molecular weight excluding hydrogens is 404 g/mol. The van der Waals surface area contributed by atoms with E-state index in [0.29, 0.717) is 26.0 Å². The third kappa shape index (κ3) is 8.63. The van der Waals surface area contributed by atoms with Crippen molar-refractivity contribution in [3.05, 3.63) is 36.0 Å². The second-order valence-corrected chi connectivity index (χ2v) is 8.45. The SMILES string of the molecule is CCCCCCCCOC(=O)[C@H](Cc1c[nH]c2ccccc12)NC(=O)[C@@H](N)CCCCN. The molecule has 0 bridgehead atoms. The van der Waals surface area contributed by atoms with Crippen molar-refractivity contribution < 1.29 is 14.3 Å². The van der Waals surface area contributed by atoms with Crippen molar-refractivity contribution in [1.82, 2.24) is 10.3 Å². The monoisotopic (exact) mass is 444 g/mol. The van der Waals surface area contributed by atoms with E-state index in [9.17, 15) is 9.59 Å². The van der Waals surface area contributed by atoms with E-state index in [2.05, 4.69) is 17.2 Å². The Morgan fingerprint density at radius 1 is 1.06 bits per heavy atom. The van der Waals surface area contributed by atoms with Crippen molar-refractivity contribution >= 4 is 22.8 Å². The maximum Gasteiger partial charge on any atom is 0.328 e. The second kappa shape index (κ2) is 14.6. The van der Waals surface area contributed by atoms with Crippen LogP contribution >= 0.6 is 0 Å². The molecule has 0 radical (unpaired) electrons. The molecule has 32 heavy (non-hydrogen) atoms. The highest BCUT2D eigenvalue weighted by Crippen LogP contribution is 2.19. The van der Waals surface area contributed by atoms with Gasteiger partial charge in [-0.25, -0.2) is 4.79 Å². The van der Waals surface area contributed by atoms with E-state index in [-0.39, 0.29) is 5.91 Å². The van der Waals surface area contributed by atoms with Crippen molar-refractivity contribution in [2.45, 2.75) is 83.2 Å². The minimum atomic E-state index is -0.776. The highest BCUT2D eigenvalue weighted by atomic mass is 16.5. The number of fused-ring (bicyclic) bond motifs is 1. The Kier molecular flexibility index (Phi) is 11.8. The van der Waals surface area contributed by atoms with Crippen LogP contribution in [0, 0.1) is 0 Å². The summed E-state index contributed by atoms with van der Waals surface area (Å²) in [5.41, 5.74) is 13.5. The number of H-pyrrole nitrogens is 1. The molecule has 1 aromatic heterocycles. The van der Waals surface area contributed by atoms with Crippen molar-refractivity contribution in [3.8, 4) is 0 Å². The van der Waals surface area contributed by atoms with Crippen LogP contribution in [0.15, 0.2) is 30.5 Å². The molecule has 0 spiro atoms. The van der Waals surface area contributed by atoms with Crippen LogP contribution in [0.4, 0.5) is 0 Å². The fourth-order valence-corrected chi connectivity index (χ4v) is 3.79. The Labute approximate surface area is 191 Å². The average molecular weight is 445 g/mol. The molecule has 0 aliphatic carbocycles. The first kappa shape index (κ1) is 25.9. The zero-order valence-corrected chi connectivity index (χ0v) is 19.4. The minimum Gasteiger partial charge on any atom is -0.464 e. The number of unbranched alkanes of at least 4 members (excludes halogenated alkanes) is 6. The zero-order valence-electron chi connectivity index (χ0n) is 19.4. The molecular formula is C25H40N4O3. The van der Waals surface area contributed by atoms with Crippen LogP contribution in [-0.2, 0) is 20.7 Å². The summed E-state index contributed by atoms with van der Waals surface area (Å²) in [6.45, 7) is 3.13. The fourth-order valence-electron chi connectivity index (χ4n) is 3.79. The van der Waals surface area contributed by atoms with Crippen LogP contribution in [0.1, 0.15) is 70.3 Å². The summed E-state index contributed by atoms with van der Waals surface area (Å²) in [6, 6.07) is 6.45. The number of aromatic nitrogens is 1. The summed E-state index contributed by atoms with van der Waals surface area (Å²) in [5, 5.41) is 3.86. The molecule has 1 amide bonds. The van der Waals surface area contributed by atoms with Gasteiger partial charge in [-0.1, -0.05) is 63.6 Å². The molecule has 178 valence electrons. The molecule has 1 heterocycles. The Bertz CT molecular complexity index is 820. The smallest absolute Gasteiger partial charge is 0.328 e. The number of amides is 1. The summed E-state index contributed by atoms with van der Waals surface area (Å²) >= 11 is 0. The number of ether oxygens (including phenoxy) is 1. The standard InChI is InChI=1S/C25H40N4O3/c1-2-3-4-5-6-11-16-32-25(31)23(29-24(30)21(27)13-9-10-15-26)17-19-18-28-22-14-8-7-12-20(19)22/h7-8,12,14,18,21,23,28H,2-6,9-11,13,15-17,26-27H2,1H3,(H,29,30)/t21-,23-/m0/s1. The fraction of sp³-hybridized carbons (Fsp3) is 0.600. The summed E-state index contributed by atoms with van der Waals surface area (Å²) < 4.78 is 5.53. The van der Waals surface area contributed by atoms with Crippen LogP contribution in [0.3, 0.4) is 0 Å². The minimum absolute atomic E-state index is 0.330. The summed E-state index contributed by atoms with van der Waals surface area (Å²) in [6.07, 6.45) is 11.1. The second-order valence-electron chi connectivity index (χ2n) is 8.45. The number of nitrogens with two attached hydrogens (primary N) is 2. The zero-order chi connectivity index (χ0) is 23.2. The lowest BCUT2D eigenvalue weighted by atomic mass is 10.0. The molecule has 6 N–H and O–H groups in total. The Balaban J connectivity index is 1.97. The molecule has 1 aromatic carbocycles. The average Bonchev–Trinajstić information content (AvgIpc) is 3.20. The van der Waals surface area contributed by atoms with Crippen LogP contribution in [0.2, 0.25) is 0 Å². The molecule has 0 saturated carbocycles. The summed E-state index contributed by atoms with van der Waals surface area (Å²) in [7, 11) is 0. The van der Waals surface area contributed by atoms with Gasteiger partial charge in [-0.15, -0.1) is 0 Å². The van der Waals surface area contributed by atoms with Gasteiger partial charge in [0.15, 0.2) is 0 Å². The lowest BCUT2D eigenvalue weighted by molar-refractivity contribution is -0.148. The molecule has 0 aliphatic rings. The molecule has 7 heteroatoms. The van der Waals surface area contributed by atoms with E-state index in [1.54, 1.807) is 0 Å². The van der Waals surface area contributed by atoms with E-state index in [1.807, 2.05) is 30.5 Å². The number of esters is 1. The van der Waals surface area contributed by atoms with Crippen molar-refractivity contribution in [1.29, 1.82) is 0 Å². The highest BCUT2D eigenvalue weighted by molar-refractivity contribution is 5.89. The van der Waals surface area contributed by atoms with Gasteiger partial charge in [0.05, 0.1) is 12.6 Å². The number of hydrogen-bond acceptors (Lipinski definition) is 5. The molecule has 2 rings (SSSR count). The molecule has 7 nitrogen and oxygen atoms in total. The predicted molar refractivity (Wildman–Crippen MR) is 129 cm³/mol. The molecule has 0 fully saturated rings. The van der Waals surface area contributed by atoms with Gasteiger partial charge in [-0.2, -0.15) is 0 Å². The topological polar surface area (TPSA) is 123 Å². The number of nitrogens with one attached hydrogen (secondary N) is 2. The maximum absolute atomic E-state index is 12.9. The van der Waals surface area contributed by atoms with Crippen LogP contribution < -0.4 is 16.8 Å². The van der Waals surface area contributed by atoms with Gasteiger partial charge in [0.2, 0.25) is 5.91 Å². The number of carbonyl (C=O) groups is 2. The number of rotatable bonds is 16. The van der Waals surface area contributed by atoms with Gasteiger partial charge in [0.1, 0.15) is 6.04 Å². The van der Waals surface area contributed by atoms with Gasteiger partial charge in [0.25, 0.3) is 0 Å². The van der Waals surface area contributed by atoms with E-state index < -0.39 is 18.1 Å². The highest BCUT2D eigenvalue weighted by Gasteiger charge is 2.26. The van der Waals surface area contributed by atoms with Gasteiger partial charge in [0, 0.05) is 23.5 Å². The van der Waals surface area contributed by atoms with Crippen molar-refractivity contribution in [3.63, 3.8) is 0 Å². The quantitative estimate of drug-likeness (QED) is 0.233. The van der Waals surface area contributed by atoms with Gasteiger partial charge in [-0.3, -0.25) is 4.79 Å². The van der Waals surface area contributed by atoms with Crippen molar-refractivity contribution in [2.24, 2.45) is 11.5 Å².